The van der Waals surface area contributed by atoms with Gasteiger partial charge in [0.25, 0.3) is 0 Å². The lowest BCUT2D eigenvalue weighted by Gasteiger charge is -2.07. The van der Waals surface area contributed by atoms with E-state index in [1.807, 2.05) is 29.6 Å². The number of carbonyl (C=O) groups excluding carboxylic acids is 1. The summed E-state index contributed by atoms with van der Waals surface area (Å²) >= 11 is 3.68. The molecule has 0 aromatic heterocycles. The van der Waals surface area contributed by atoms with E-state index in [1.165, 1.54) is 16.7 Å². The number of hydrogen-bond donors (Lipinski definition) is 1. The summed E-state index contributed by atoms with van der Waals surface area (Å²) in [5, 5.41) is 3.01. The van der Waals surface area contributed by atoms with Crippen molar-refractivity contribution >= 4 is 29.4 Å². The number of amides is 1. The van der Waals surface area contributed by atoms with Crippen LogP contribution in [0.25, 0.3) is 0 Å². The van der Waals surface area contributed by atoms with Gasteiger partial charge in [-0.3, -0.25) is 4.79 Å². The first-order valence-electron chi connectivity index (χ1n) is 8.26. The molecule has 2 rings (SSSR count). The van der Waals surface area contributed by atoms with Crippen molar-refractivity contribution in [2.45, 2.75) is 24.9 Å². The van der Waals surface area contributed by atoms with Crippen LogP contribution in [0.5, 0.6) is 0 Å². The van der Waals surface area contributed by atoms with Crippen molar-refractivity contribution < 1.29 is 4.79 Å². The molecule has 1 amide bonds. The Morgan fingerprint density at radius 2 is 1.62 bits per heavy atom. The highest BCUT2D eigenvalue weighted by Crippen LogP contribution is 2.15. The highest BCUT2D eigenvalue weighted by Gasteiger charge is 2.02. The van der Waals surface area contributed by atoms with Crippen LogP contribution in [0.3, 0.4) is 0 Å². The van der Waals surface area contributed by atoms with Crippen LogP contribution in [-0.4, -0.2) is 24.0 Å². The summed E-state index contributed by atoms with van der Waals surface area (Å²) in [7, 11) is 0. The van der Waals surface area contributed by atoms with Crippen molar-refractivity contribution in [1.82, 2.24) is 5.32 Å². The van der Waals surface area contributed by atoms with Gasteiger partial charge in [-0.2, -0.15) is 23.5 Å². The molecule has 2 nitrogen and oxygen atoms in total. The van der Waals surface area contributed by atoms with Gasteiger partial charge in [-0.05, 0) is 23.6 Å². The van der Waals surface area contributed by atoms with Gasteiger partial charge in [-0.1, -0.05) is 54.6 Å². The average Bonchev–Trinajstić information content (AvgIpc) is 2.61. The maximum absolute atomic E-state index is 11.8. The lowest BCUT2D eigenvalue weighted by Crippen LogP contribution is -2.26. The van der Waals surface area contributed by atoms with Gasteiger partial charge in [-0.15, -0.1) is 0 Å². The number of rotatable bonds is 10. The van der Waals surface area contributed by atoms with E-state index in [4.69, 9.17) is 0 Å². The summed E-state index contributed by atoms with van der Waals surface area (Å²) in [6.07, 6.45) is 0.597. The van der Waals surface area contributed by atoms with Crippen LogP contribution in [-0.2, 0) is 16.3 Å². The molecule has 2 aromatic rings. The molecule has 4 heteroatoms. The predicted molar refractivity (Wildman–Crippen MR) is 108 cm³/mol. The van der Waals surface area contributed by atoms with Crippen LogP contribution in [0.15, 0.2) is 54.6 Å². The van der Waals surface area contributed by atoms with E-state index in [-0.39, 0.29) is 5.91 Å². The molecule has 0 atom stereocenters. The molecule has 0 saturated carbocycles. The molecule has 0 aliphatic heterocycles. The number of aryl methyl sites for hydroxylation is 1. The summed E-state index contributed by atoms with van der Waals surface area (Å²) in [5.74, 6) is 3.97. The summed E-state index contributed by atoms with van der Waals surface area (Å²) in [5.41, 5.74) is 4.03. The monoisotopic (exact) mass is 359 g/mol. The van der Waals surface area contributed by atoms with E-state index >= 15 is 0 Å². The Morgan fingerprint density at radius 3 is 2.42 bits per heavy atom. The Kier molecular flexibility index (Phi) is 8.85. The molecule has 1 N–H and O–H groups in total. The number of benzene rings is 2. The molecule has 0 unspecified atom stereocenters. The van der Waals surface area contributed by atoms with Crippen molar-refractivity contribution in [3.63, 3.8) is 0 Å². The molecule has 0 aliphatic rings. The topological polar surface area (TPSA) is 29.1 Å². The lowest BCUT2D eigenvalue weighted by atomic mass is 10.1. The maximum Gasteiger partial charge on any atom is 0.220 e. The summed E-state index contributed by atoms with van der Waals surface area (Å²) in [6, 6.07) is 18.8. The van der Waals surface area contributed by atoms with Gasteiger partial charge in [0.15, 0.2) is 0 Å². The molecule has 0 heterocycles. The maximum atomic E-state index is 11.8. The number of thioether (sulfide) groups is 2. The second-order valence-corrected chi connectivity index (χ2v) is 7.83. The molecule has 24 heavy (non-hydrogen) atoms. The van der Waals surface area contributed by atoms with Crippen LogP contribution in [0, 0.1) is 6.92 Å². The zero-order valence-electron chi connectivity index (χ0n) is 14.2. The molecule has 0 fully saturated rings. The minimum Gasteiger partial charge on any atom is -0.355 e. The zero-order valence-corrected chi connectivity index (χ0v) is 15.8. The normalized spacial score (nSPS) is 10.5. The van der Waals surface area contributed by atoms with E-state index in [2.05, 4.69) is 60.8 Å². The third kappa shape index (κ3) is 7.45. The quantitative estimate of drug-likeness (QED) is 0.625. The van der Waals surface area contributed by atoms with Crippen LogP contribution in [0.4, 0.5) is 0 Å². The second-order valence-electron chi connectivity index (χ2n) is 5.62. The molecule has 0 radical (unpaired) electrons. The third-order valence-corrected chi connectivity index (χ3v) is 5.71. The Balaban J connectivity index is 1.48. The van der Waals surface area contributed by atoms with E-state index in [1.54, 1.807) is 0 Å². The fourth-order valence-corrected chi connectivity index (χ4v) is 4.07. The molecular weight excluding hydrogens is 334 g/mol. The molecule has 0 saturated heterocycles. The van der Waals surface area contributed by atoms with Crippen molar-refractivity contribution in [2.24, 2.45) is 0 Å². The lowest BCUT2D eigenvalue weighted by molar-refractivity contribution is -0.120. The largest absolute Gasteiger partial charge is 0.355 e. The number of carbonyl (C=O) groups is 1. The fourth-order valence-electron chi connectivity index (χ4n) is 2.23. The predicted octanol–water partition coefficient (Wildman–Crippen LogP) is 4.67. The van der Waals surface area contributed by atoms with Crippen molar-refractivity contribution in [2.75, 3.05) is 18.1 Å². The van der Waals surface area contributed by atoms with Gasteiger partial charge in [0.1, 0.15) is 0 Å². The average molecular weight is 360 g/mol. The van der Waals surface area contributed by atoms with E-state index in [9.17, 15) is 4.79 Å². The van der Waals surface area contributed by atoms with Gasteiger partial charge in [-0.25, -0.2) is 0 Å². The van der Waals surface area contributed by atoms with Gasteiger partial charge < -0.3 is 5.32 Å². The molecule has 0 spiro atoms. The van der Waals surface area contributed by atoms with Gasteiger partial charge in [0.2, 0.25) is 5.91 Å². The summed E-state index contributed by atoms with van der Waals surface area (Å²) < 4.78 is 0. The van der Waals surface area contributed by atoms with Crippen molar-refractivity contribution in [1.29, 1.82) is 0 Å². The highest BCUT2D eigenvalue weighted by atomic mass is 32.2. The van der Waals surface area contributed by atoms with Crippen LogP contribution in [0.2, 0.25) is 0 Å². The first kappa shape index (κ1) is 18.9. The SMILES string of the molecule is Cc1ccccc1CSCCNC(=O)CCSCc1ccccc1. The smallest absolute Gasteiger partial charge is 0.220 e. The molecule has 0 aliphatic carbocycles. The van der Waals surface area contributed by atoms with Crippen LogP contribution < -0.4 is 5.32 Å². The Hall–Kier alpha value is -1.39. The Bertz CT molecular complexity index is 616. The molecule has 2 aromatic carbocycles. The van der Waals surface area contributed by atoms with Gasteiger partial charge in [0, 0.05) is 36.0 Å². The first-order chi connectivity index (χ1) is 11.8. The summed E-state index contributed by atoms with van der Waals surface area (Å²) in [4.78, 5) is 11.8. The van der Waals surface area contributed by atoms with Gasteiger partial charge >= 0.3 is 0 Å². The van der Waals surface area contributed by atoms with Crippen molar-refractivity contribution in [3.8, 4) is 0 Å². The summed E-state index contributed by atoms with van der Waals surface area (Å²) in [6.45, 7) is 2.89. The van der Waals surface area contributed by atoms with E-state index in [0.29, 0.717) is 6.42 Å². The minimum absolute atomic E-state index is 0.159. The van der Waals surface area contributed by atoms with Crippen LogP contribution >= 0.6 is 23.5 Å². The second kappa shape index (κ2) is 11.2. The Morgan fingerprint density at radius 1 is 0.917 bits per heavy atom. The molecular formula is C20H25NOS2. The van der Waals surface area contributed by atoms with Crippen molar-refractivity contribution in [3.05, 3.63) is 71.3 Å². The fraction of sp³-hybridized carbons (Fsp3) is 0.350. The highest BCUT2D eigenvalue weighted by molar-refractivity contribution is 7.98. The number of hydrogen-bond acceptors (Lipinski definition) is 3. The molecule has 128 valence electrons. The zero-order chi connectivity index (χ0) is 17.0. The van der Waals surface area contributed by atoms with Gasteiger partial charge in [0.05, 0.1) is 0 Å². The third-order valence-electron chi connectivity index (χ3n) is 3.67. The Labute approximate surface area is 153 Å². The number of nitrogens with one attached hydrogen (secondary N) is 1. The van der Waals surface area contributed by atoms with E-state index < -0.39 is 0 Å². The first-order valence-corrected chi connectivity index (χ1v) is 10.6. The van der Waals surface area contributed by atoms with E-state index in [0.717, 1.165) is 29.6 Å². The minimum atomic E-state index is 0.159. The van der Waals surface area contributed by atoms with Crippen LogP contribution in [0.1, 0.15) is 23.1 Å². The standard InChI is InChI=1S/C20H25NOS2/c1-17-7-5-6-10-19(17)16-24-14-12-21-20(22)11-13-23-15-18-8-3-2-4-9-18/h2-10H,11-16H2,1H3,(H,21,22). The molecule has 0 bridgehead atoms.